The van der Waals surface area contributed by atoms with E-state index in [4.69, 9.17) is 4.98 Å². The first kappa shape index (κ1) is 15.8. The number of hydrogen-bond donors (Lipinski definition) is 0. The topological polar surface area (TPSA) is 49.3 Å². The molecule has 2 aliphatic heterocycles. The Morgan fingerprint density at radius 2 is 2.08 bits per heavy atom. The number of likely N-dealkylation sites (tertiary alicyclic amines) is 1. The SMILES string of the molecule is CC1CCN(C(=O)[C@H]2CCCN(c3nc4cccnc4s3)C2)CC1. The summed E-state index contributed by atoms with van der Waals surface area (Å²) in [5.41, 5.74) is 0.955. The maximum absolute atomic E-state index is 12.9. The van der Waals surface area contributed by atoms with Crippen LogP contribution in [0.15, 0.2) is 18.3 Å². The molecule has 0 bridgehead atoms. The van der Waals surface area contributed by atoms with Crippen molar-refractivity contribution in [1.29, 1.82) is 0 Å². The second-order valence-corrected chi connectivity index (χ2v) is 8.07. The number of pyridine rings is 1. The molecule has 1 atom stereocenters. The molecule has 0 aliphatic carbocycles. The van der Waals surface area contributed by atoms with E-state index in [0.29, 0.717) is 5.91 Å². The monoisotopic (exact) mass is 344 g/mol. The molecular formula is C18H24N4OS. The minimum Gasteiger partial charge on any atom is -0.347 e. The minimum absolute atomic E-state index is 0.118. The maximum Gasteiger partial charge on any atom is 0.227 e. The van der Waals surface area contributed by atoms with E-state index >= 15 is 0 Å². The molecule has 5 nitrogen and oxygen atoms in total. The number of rotatable bonds is 2. The fourth-order valence-corrected chi connectivity index (χ4v) is 4.68. The van der Waals surface area contributed by atoms with E-state index in [-0.39, 0.29) is 5.92 Å². The first-order chi connectivity index (χ1) is 11.7. The van der Waals surface area contributed by atoms with Gasteiger partial charge in [0.15, 0.2) is 5.13 Å². The zero-order valence-corrected chi connectivity index (χ0v) is 15.0. The van der Waals surface area contributed by atoms with Crippen molar-refractivity contribution in [2.24, 2.45) is 11.8 Å². The summed E-state index contributed by atoms with van der Waals surface area (Å²) in [4.78, 5) is 27.3. The molecule has 4 heterocycles. The highest BCUT2D eigenvalue weighted by atomic mass is 32.1. The second-order valence-electron chi connectivity index (χ2n) is 7.12. The lowest BCUT2D eigenvalue weighted by molar-refractivity contribution is -0.137. The van der Waals surface area contributed by atoms with Crippen LogP contribution in [0.5, 0.6) is 0 Å². The van der Waals surface area contributed by atoms with Crippen molar-refractivity contribution in [3.63, 3.8) is 0 Å². The Balaban J connectivity index is 1.46. The summed E-state index contributed by atoms with van der Waals surface area (Å²) >= 11 is 1.63. The van der Waals surface area contributed by atoms with Gasteiger partial charge in [0.05, 0.1) is 5.92 Å². The summed E-state index contributed by atoms with van der Waals surface area (Å²) in [7, 11) is 0. The molecule has 2 saturated heterocycles. The Morgan fingerprint density at radius 1 is 1.25 bits per heavy atom. The molecule has 128 valence electrons. The molecule has 4 rings (SSSR count). The first-order valence-corrected chi connectivity index (χ1v) is 9.77. The van der Waals surface area contributed by atoms with Crippen molar-refractivity contribution in [2.45, 2.75) is 32.6 Å². The molecule has 0 aromatic carbocycles. The van der Waals surface area contributed by atoms with E-state index in [0.717, 1.165) is 73.3 Å². The van der Waals surface area contributed by atoms with Crippen molar-refractivity contribution >= 4 is 32.7 Å². The third-order valence-corrected chi connectivity index (χ3v) is 6.33. The highest BCUT2D eigenvalue weighted by molar-refractivity contribution is 7.21. The van der Waals surface area contributed by atoms with Crippen LogP contribution in [0.25, 0.3) is 10.3 Å². The van der Waals surface area contributed by atoms with E-state index in [9.17, 15) is 4.79 Å². The third-order valence-electron chi connectivity index (χ3n) is 5.29. The van der Waals surface area contributed by atoms with Gasteiger partial charge in [-0.1, -0.05) is 18.3 Å². The van der Waals surface area contributed by atoms with Gasteiger partial charge in [0.25, 0.3) is 0 Å². The molecule has 6 heteroatoms. The number of amides is 1. The summed E-state index contributed by atoms with van der Waals surface area (Å²) in [6, 6.07) is 3.93. The zero-order valence-electron chi connectivity index (χ0n) is 14.1. The summed E-state index contributed by atoms with van der Waals surface area (Å²) in [5, 5.41) is 1.01. The van der Waals surface area contributed by atoms with Crippen molar-refractivity contribution in [2.75, 3.05) is 31.1 Å². The van der Waals surface area contributed by atoms with Gasteiger partial charge in [-0.25, -0.2) is 9.97 Å². The highest BCUT2D eigenvalue weighted by Gasteiger charge is 2.31. The van der Waals surface area contributed by atoms with Crippen LogP contribution in [0.4, 0.5) is 5.13 Å². The van der Waals surface area contributed by atoms with E-state index in [1.807, 2.05) is 18.3 Å². The first-order valence-electron chi connectivity index (χ1n) is 8.96. The Bertz CT molecular complexity index is 690. The van der Waals surface area contributed by atoms with Crippen LogP contribution in [-0.4, -0.2) is 47.0 Å². The molecule has 2 aliphatic rings. The molecule has 0 spiro atoms. The summed E-state index contributed by atoms with van der Waals surface area (Å²) in [6.45, 7) is 5.93. The van der Waals surface area contributed by atoms with Crippen LogP contribution < -0.4 is 4.90 Å². The fourth-order valence-electron chi connectivity index (χ4n) is 3.73. The number of fused-ring (bicyclic) bond motifs is 1. The summed E-state index contributed by atoms with van der Waals surface area (Å²) in [5.74, 6) is 1.23. The molecule has 0 unspecified atom stereocenters. The van der Waals surface area contributed by atoms with Crippen LogP contribution in [0.2, 0.25) is 0 Å². The Kier molecular flexibility index (Phi) is 4.39. The van der Waals surface area contributed by atoms with Gasteiger partial charge < -0.3 is 9.80 Å². The standard InChI is InChI=1S/C18H24N4OS/c1-13-6-10-21(11-7-13)17(23)14-4-3-9-22(12-14)18-20-15-5-2-8-19-16(15)24-18/h2,5,8,13-14H,3-4,6-7,9-12H2,1H3/t14-/m0/s1. The predicted molar refractivity (Wildman–Crippen MR) is 97.3 cm³/mol. The Hall–Kier alpha value is -1.69. The normalized spacial score (nSPS) is 23.0. The van der Waals surface area contributed by atoms with Gasteiger partial charge in [-0.05, 0) is 43.7 Å². The molecular weight excluding hydrogens is 320 g/mol. The molecule has 2 fully saturated rings. The lowest BCUT2D eigenvalue weighted by Gasteiger charge is -2.37. The van der Waals surface area contributed by atoms with E-state index < -0.39 is 0 Å². The maximum atomic E-state index is 12.9. The van der Waals surface area contributed by atoms with Crippen LogP contribution >= 0.6 is 11.3 Å². The zero-order chi connectivity index (χ0) is 16.5. The number of aromatic nitrogens is 2. The molecule has 24 heavy (non-hydrogen) atoms. The van der Waals surface area contributed by atoms with E-state index in [1.54, 1.807) is 11.3 Å². The minimum atomic E-state index is 0.118. The lowest BCUT2D eigenvalue weighted by atomic mass is 9.94. The third kappa shape index (κ3) is 3.11. The predicted octanol–water partition coefficient (Wildman–Crippen LogP) is 3.17. The van der Waals surface area contributed by atoms with Crippen LogP contribution in [-0.2, 0) is 4.79 Å². The number of carbonyl (C=O) groups excluding carboxylic acids is 1. The van der Waals surface area contributed by atoms with Gasteiger partial charge in [0.1, 0.15) is 10.3 Å². The average Bonchev–Trinajstić information content (AvgIpc) is 3.06. The van der Waals surface area contributed by atoms with Crippen molar-refractivity contribution in [1.82, 2.24) is 14.9 Å². The second kappa shape index (κ2) is 6.67. The van der Waals surface area contributed by atoms with Crippen LogP contribution in [0, 0.1) is 11.8 Å². The van der Waals surface area contributed by atoms with Crippen molar-refractivity contribution < 1.29 is 4.79 Å². The number of thiazole rings is 1. The summed E-state index contributed by atoms with van der Waals surface area (Å²) in [6.07, 6.45) is 6.16. The van der Waals surface area contributed by atoms with Gasteiger partial charge in [-0.2, -0.15) is 0 Å². The number of carbonyl (C=O) groups is 1. The largest absolute Gasteiger partial charge is 0.347 e. The van der Waals surface area contributed by atoms with Crippen molar-refractivity contribution in [3.05, 3.63) is 18.3 Å². The van der Waals surface area contributed by atoms with Crippen LogP contribution in [0.3, 0.4) is 0 Å². The molecule has 0 saturated carbocycles. The smallest absolute Gasteiger partial charge is 0.227 e. The van der Waals surface area contributed by atoms with Gasteiger partial charge in [0.2, 0.25) is 5.91 Å². The van der Waals surface area contributed by atoms with Crippen LogP contribution in [0.1, 0.15) is 32.6 Å². The van der Waals surface area contributed by atoms with Gasteiger partial charge in [-0.3, -0.25) is 4.79 Å². The van der Waals surface area contributed by atoms with Gasteiger partial charge in [0, 0.05) is 32.4 Å². The molecule has 0 radical (unpaired) electrons. The Morgan fingerprint density at radius 3 is 2.88 bits per heavy atom. The molecule has 2 aromatic heterocycles. The number of nitrogens with zero attached hydrogens (tertiary/aromatic N) is 4. The lowest BCUT2D eigenvalue weighted by Crippen LogP contribution is -2.47. The highest BCUT2D eigenvalue weighted by Crippen LogP contribution is 2.31. The number of hydrogen-bond acceptors (Lipinski definition) is 5. The number of anilines is 1. The Labute approximate surface area is 146 Å². The van der Waals surface area contributed by atoms with Gasteiger partial charge >= 0.3 is 0 Å². The van der Waals surface area contributed by atoms with Gasteiger partial charge in [-0.15, -0.1) is 0 Å². The molecule has 1 amide bonds. The average molecular weight is 344 g/mol. The quantitative estimate of drug-likeness (QED) is 0.840. The number of piperidine rings is 2. The summed E-state index contributed by atoms with van der Waals surface area (Å²) < 4.78 is 0. The van der Waals surface area contributed by atoms with E-state index in [1.165, 1.54) is 0 Å². The molecule has 2 aromatic rings. The fraction of sp³-hybridized carbons (Fsp3) is 0.611. The van der Waals surface area contributed by atoms with E-state index in [2.05, 4.69) is 21.7 Å². The van der Waals surface area contributed by atoms with Crippen molar-refractivity contribution in [3.8, 4) is 0 Å². The molecule has 0 N–H and O–H groups in total.